The van der Waals surface area contributed by atoms with E-state index in [1.54, 1.807) is 4.90 Å². The summed E-state index contributed by atoms with van der Waals surface area (Å²) in [6.07, 6.45) is 1.60. The van der Waals surface area contributed by atoms with Gasteiger partial charge in [-0.15, -0.1) is 11.3 Å². The zero-order valence-corrected chi connectivity index (χ0v) is 17.3. The number of hydrogen-bond donors (Lipinski definition) is 3. The van der Waals surface area contributed by atoms with Crippen LogP contribution in [0.25, 0.3) is 0 Å². The summed E-state index contributed by atoms with van der Waals surface area (Å²) in [6.45, 7) is 1.09. The normalized spacial score (nSPS) is 16.0. The summed E-state index contributed by atoms with van der Waals surface area (Å²) >= 11 is 1.48. The predicted octanol–water partition coefficient (Wildman–Crippen LogP) is 5.37. The minimum Gasteiger partial charge on any atom is -0.356 e. The molecule has 1 aliphatic rings. The van der Waals surface area contributed by atoms with E-state index in [0.717, 1.165) is 34.9 Å². The van der Waals surface area contributed by atoms with Gasteiger partial charge in [-0.05, 0) is 66.8 Å². The van der Waals surface area contributed by atoms with Crippen LogP contribution in [0.2, 0.25) is 0 Å². The second kappa shape index (κ2) is 9.45. The number of hydrogen-bond acceptors (Lipinski definition) is 4. The molecule has 1 atom stereocenters. The molecule has 2 heterocycles. The molecule has 30 heavy (non-hydrogen) atoms. The van der Waals surface area contributed by atoms with Crippen molar-refractivity contribution in [1.82, 2.24) is 4.90 Å². The van der Waals surface area contributed by atoms with E-state index in [1.165, 1.54) is 11.3 Å². The number of rotatable bonds is 5. The van der Waals surface area contributed by atoms with Gasteiger partial charge in [-0.25, -0.2) is 4.79 Å². The van der Waals surface area contributed by atoms with E-state index >= 15 is 0 Å². The van der Waals surface area contributed by atoms with Gasteiger partial charge in [0.15, 0.2) is 0 Å². The van der Waals surface area contributed by atoms with Crippen LogP contribution in [0.1, 0.15) is 12.8 Å². The molecule has 0 radical (unpaired) electrons. The lowest BCUT2D eigenvalue weighted by atomic mass is 9.97. The third-order valence-electron chi connectivity index (χ3n) is 5.05. The van der Waals surface area contributed by atoms with Gasteiger partial charge in [0.2, 0.25) is 5.91 Å². The van der Waals surface area contributed by atoms with Gasteiger partial charge in [0.1, 0.15) is 0 Å². The molecule has 7 heteroatoms. The first-order valence-electron chi connectivity index (χ1n) is 10.00. The zero-order valence-electron chi connectivity index (χ0n) is 16.5. The summed E-state index contributed by atoms with van der Waals surface area (Å²) in [5.41, 5.74) is 2.71. The molecule has 0 aliphatic carbocycles. The van der Waals surface area contributed by atoms with Crippen LogP contribution in [0.3, 0.4) is 0 Å². The topological polar surface area (TPSA) is 73.5 Å². The highest BCUT2D eigenvalue weighted by Crippen LogP contribution is 2.23. The van der Waals surface area contributed by atoms with Crippen molar-refractivity contribution in [3.8, 4) is 0 Å². The SMILES string of the molecule is O=C(Nc1ccc(Nc2ccccc2)cc1)C1CCCN(C(=O)Nc2cccs2)C1. The van der Waals surface area contributed by atoms with Crippen molar-refractivity contribution in [1.29, 1.82) is 0 Å². The standard InChI is InChI=1S/C23H24N4O2S/c28-22(17-6-4-14-27(16-17)23(29)26-21-9-5-15-30-21)25-20-12-10-19(11-13-20)24-18-7-2-1-3-8-18/h1-3,5,7-13,15,17,24H,4,6,14,16H2,(H,25,28)(H,26,29). The first kappa shape index (κ1) is 20.0. The summed E-state index contributed by atoms with van der Waals surface area (Å²) in [7, 11) is 0. The Labute approximate surface area is 179 Å². The quantitative estimate of drug-likeness (QED) is 0.519. The van der Waals surface area contributed by atoms with E-state index < -0.39 is 0 Å². The molecule has 4 rings (SSSR count). The number of anilines is 4. The van der Waals surface area contributed by atoms with Crippen molar-refractivity contribution in [2.24, 2.45) is 5.92 Å². The van der Waals surface area contributed by atoms with Gasteiger partial charge in [-0.3, -0.25) is 10.1 Å². The maximum absolute atomic E-state index is 12.7. The van der Waals surface area contributed by atoms with E-state index in [2.05, 4.69) is 16.0 Å². The number of nitrogens with zero attached hydrogens (tertiary/aromatic N) is 1. The zero-order chi connectivity index (χ0) is 20.8. The first-order valence-corrected chi connectivity index (χ1v) is 10.9. The smallest absolute Gasteiger partial charge is 0.322 e. The predicted molar refractivity (Wildman–Crippen MR) is 122 cm³/mol. The highest BCUT2D eigenvalue weighted by Gasteiger charge is 2.28. The number of likely N-dealkylation sites (tertiary alicyclic amines) is 1. The maximum Gasteiger partial charge on any atom is 0.322 e. The fourth-order valence-electron chi connectivity index (χ4n) is 3.48. The molecule has 1 aromatic heterocycles. The van der Waals surface area contributed by atoms with Gasteiger partial charge in [-0.1, -0.05) is 18.2 Å². The molecule has 2 aromatic carbocycles. The van der Waals surface area contributed by atoms with Crippen LogP contribution in [0.15, 0.2) is 72.1 Å². The molecule has 0 saturated carbocycles. The van der Waals surface area contributed by atoms with E-state index in [1.807, 2.05) is 72.1 Å². The van der Waals surface area contributed by atoms with Crippen LogP contribution < -0.4 is 16.0 Å². The van der Waals surface area contributed by atoms with Crippen LogP contribution in [0, 0.1) is 5.92 Å². The largest absolute Gasteiger partial charge is 0.356 e. The number of amides is 3. The molecule has 0 spiro atoms. The lowest BCUT2D eigenvalue weighted by Gasteiger charge is -2.31. The summed E-state index contributed by atoms with van der Waals surface area (Å²) in [5, 5.41) is 11.9. The Bertz CT molecular complexity index is 974. The highest BCUT2D eigenvalue weighted by molar-refractivity contribution is 7.14. The van der Waals surface area contributed by atoms with Gasteiger partial charge in [0.05, 0.1) is 10.9 Å². The number of urea groups is 1. The van der Waals surface area contributed by atoms with Crippen LogP contribution in [0.4, 0.5) is 26.9 Å². The average molecular weight is 421 g/mol. The van der Waals surface area contributed by atoms with Crippen LogP contribution in [-0.4, -0.2) is 29.9 Å². The molecule has 1 fully saturated rings. The Morgan fingerprint density at radius 3 is 2.33 bits per heavy atom. The minimum atomic E-state index is -0.213. The highest BCUT2D eigenvalue weighted by atomic mass is 32.1. The molecule has 1 saturated heterocycles. The van der Waals surface area contributed by atoms with Crippen LogP contribution in [0.5, 0.6) is 0 Å². The fourth-order valence-corrected chi connectivity index (χ4v) is 4.09. The molecule has 3 amide bonds. The van der Waals surface area contributed by atoms with Gasteiger partial charge < -0.3 is 15.5 Å². The van der Waals surface area contributed by atoms with E-state index in [0.29, 0.717) is 13.1 Å². The van der Waals surface area contributed by atoms with Crippen LogP contribution in [-0.2, 0) is 4.79 Å². The van der Waals surface area contributed by atoms with Crippen molar-refractivity contribution < 1.29 is 9.59 Å². The average Bonchev–Trinajstić information content (AvgIpc) is 3.29. The molecule has 3 aromatic rings. The summed E-state index contributed by atoms with van der Waals surface area (Å²) < 4.78 is 0. The van der Waals surface area contributed by atoms with Crippen molar-refractivity contribution in [2.75, 3.05) is 29.0 Å². The van der Waals surface area contributed by atoms with Crippen molar-refractivity contribution in [3.05, 3.63) is 72.1 Å². The monoisotopic (exact) mass is 420 g/mol. The maximum atomic E-state index is 12.7. The number of thiophene rings is 1. The summed E-state index contributed by atoms with van der Waals surface area (Å²) in [6, 6.07) is 21.2. The Hall–Kier alpha value is -3.32. The lowest BCUT2D eigenvalue weighted by molar-refractivity contribution is -0.121. The van der Waals surface area contributed by atoms with Crippen molar-refractivity contribution >= 4 is 45.3 Å². The van der Waals surface area contributed by atoms with E-state index in [-0.39, 0.29) is 17.9 Å². The van der Waals surface area contributed by atoms with Gasteiger partial charge >= 0.3 is 6.03 Å². The Morgan fingerprint density at radius 2 is 1.60 bits per heavy atom. The second-order valence-corrected chi connectivity index (χ2v) is 8.20. The number of benzene rings is 2. The Morgan fingerprint density at radius 1 is 0.867 bits per heavy atom. The molecule has 154 valence electrons. The third-order valence-corrected chi connectivity index (χ3v) is 5.83. The molecular weight excluding hydrogens is 396 g/mol. The van der Waals surface area contributed by atoms with Crippen molar-refractivity contribution in [3.63, 3.8) is 0 Å². The number of piperidine rings is 1. The molecule has 1 aliphatic heterocycles. The lowest BCUT2D eigenvalue weighted by Crippen LogP contribution is -2.45. The number of nitrogens with one attached hydrogen (secondary N) is 3. The number of carbonyl (C=O) groups is 2. The summed E-state index contributed by atoms with van der Waals surface area (Å²) in [5.74, 6) is -0.262. The van der Waals surface area contributed by atoms with E-state index in [4.69, 9.17) is 0 Å². The number of para-hydroxylation sites is 1. The molecule has 6 nitrogen and oxygen atoms in total. The Balaban J connectivity index is 1.31. The third kappa shape index (κ3) is 5.18. The molecule has 0 bridgehead atoms. The summed E-state index contributed by atoms with van der Waals surface area (Å²) in [4.78, 5) is 26.9. The molecular formula is C23H24N4O2S. The minimum absolute atomic E-state index is 0.0487. The number of carbonyl (C=O) groups excluding carboxylic acids is 2. The second-order valence-electron chi connectivity index (χ2n) is 7.25. The van der Waals surface area contributed by atoms with Crippen LogP contribution >= 0.6 is 11.3 Å². The van der Waals surface area contributed by atoms with Gasteiger partial charge in [0, 0.05) is 30.2 Å². The van der Waals surface area contributed by atoms with Gasteiger partial charge in [-0.2, -0.15) is 0 Å². The van der Waals surface area contributed by atoms with Crippen molar-refractivity contribution in [2.45, 2.75) is 12.8 Å². The van der Waals surface area contributed by atoms with Gasteiger partial charge in [0.25, 0.3) is 0 Å². The molecule has 1 unspecified atom stereocenters. The first-order chi connectivity index (χ1) is 14.7. The molecule has 3 N–H and O–H groups in total. The van der Waals surface area contributed by atoms with E-state index in [9.17, 15) is 9.59 Å². The fraction of sp³-hybridized carbons (Fsp3) is 0.217. The Kier molecular flexibility index (Phi) is 6.29.